The van der Waals surface area contributed by atoms with E-state index in [9.17, 15) is 4.79 Å². The van der Waals surface area contributed by atoms with Crippen LogP contribution in [0.1, 0.15) is 12.1 Å². The van der Waals surface area contributed by atoms with Gasteiger partial charge in [-0.25, -0.2) is 14.8 Å². The lowest BCUT2D eigenvalue weighted by molar-refractivity contribution is 0.194. The monoisotopic (exact) mass is 274 g/mol. The summed E-state index contributed by atoms with van der Waals surface area (Å²) in [5.74, 6) is 0.383. The fraction of sp³-hybridized carbons (Fsp3) is 0.375. The van der Waals surface area contributed by atoms with Crippen LogP contribution < -0.4 is 11.1 Å². The van der Waals surface area contributed by atoms with Gasteiger partial charge in [0.25, 0.3) is 0 Å². The molecule has 1 heterocycles. The molecule has 0 aromatic carbocycles. The second-order valence-electron chi connectivity index (χ2n) is 2.86. The summed E-state index contributed by atoms with van der Waals surface area (Å²) in [6.07, 6.45) is 1.73. The predicted molar refractivity (Wildman–Crippen MR) is 58.5 cm³/mol. The topological polar surface area (TPSA) is 101 Å². The molecule has 4 N–H and O–H groups in total. The molecule has 0 aliphatic carbocycles. The van der Waals surface area contributed by atoms with Crippen molar-refractivity contribution in [2.75, 3.05) is 12.3 Å². The van der Waals surface area contributed by atoms with Crippen molar-refractivity contribution in [1.29, 1.82) is 0 Å². The van der Waals surface area contributed by atoms with E-state index in [4.69, 9.17) is 10.8 Å². The van der Waals surface area contributed by atoms with E-state index in [1.807, 2.05) is 0 Å². The highest BCUT2D eigenvalue weighted by Crippen LogP contribution is 2.11. The van der Waals surface area contributed by atoms with E-state index in [1.54, 1.807) is 0 Å². The molecule has 0 atom stereocenters. The van der Waals surface area contributed by atoms with Crippen molar-refractivity contribution < 1.29 is 9.90 Å². The number of carbonyl (C=O) groups is 1. The van der Waals surface area contributed by atoms with Crippen molar-refractivity contribution in [2.24, 2.45) is 0 Å². The Hall–Kier alpha value is -1.37. The molecular formula is C8H11BrN4O2. The summed E-state index contributed by atoms with van der Waals surface area (Å²) in [4.78, 5) is 18.2. The molecule has 7 heteroatoms. The Bertz CT molecular complexity index is 358. The van der Waals surface area contributed by atoms with Gasteiger partial charge in [0.05, 0.1) is 11.9 Å². The number of nitrogens with one attached hydrogen (secondary N) is 1. The number of halogens is 1. The summed E-state index contributed by atoms with van der Waals surface area (Å²) < 4.78 is 0.623. The Morgan fingerprint density at radius 2 is 2.40 bits per heavy atom. The van der Waals surface area contributed by atoms with Gasteiger partial charge in [-0.15, -0.1) is 0 Å². The van der Waals surface area contributed by atoms with E-state index < -0.39 is 6.09 Å². The van der Waals surface area contributed by atoms with Gasteiger partial charge in [-0.05, 0) is 28.8 Å². The molecule has 0 aliphatic rings. The van der Waals surface area contributed by atoms with Crippen LogP contribution in [-0.2, 0) is 6.42 Å². The van der Waals surface area contributed by atoms with E-state index in [2.05, 4.69) is 31.2 Å². The van der Waals surface area contributed by atoms with Gasteiger partial charge in [-0.1, -0.05) is 0 Å². The molecule has 82 valence electrons. The molecular weight excluding hydrogens is 264 g/mol. The first-order chi connectivity index (χ1) is 7.09. The lowest BCUT2D eigenvalue weighted by Gasteiger charge is -2.04. The maximum absolute atomic E-state index is 10.2. The second kappa shape index (κ2) is 5.50. The lowest BCUT2D eigenvalue weighted by atomic mass is 10.2. The normalized spacial score (nSPS) is 9.93. The fourth-order valence-corrected chi connectivity index (χ4v) is 1.36. The van der Waals surface area contributed by atoms with E-state index in [-0.39, 0.29) is 0 Å². The van der Waals surface area contributed by atoms with E-state index in [0.29, 0.717) is 35.5 Å². The van der Waals surface area contributed by atoms with Crippen LogP contribution in [0.3, 0.4) is 0 Å². The van der Waals surface area contributed by atoms with Crippen LogP contribution in [0.5, 0.6) is 0 Å². The Balaban J connectivity index is 2.43. The minimum Gasteiger partial charge on any atom is -0.465 e. The quantitative estimate of drug-likeness (QED) is 0.712. The van der Waals surface area contributed by atoms with Crippen LogP contribution in [0, 0.1) is 0 Å². The van der Waals surface area contributed by atoms with E-state index >= 15 is 0 Å². The predicted octanol–water partition coefficient (Wildman–Crippen LogP) is 1.02. The first-order valence-corrected chi connectivity index (χ1v) is 5.12. The van der Waals surface area contributed by atoms with Gasteiger partial charge in [0.1, 0.15) is 10.4 Å². The van der Waals surface area contributed by atoms with Gasteiger partial charge in [0, 0.05) is 6.54 Å². The third-order valence-corrected chi connectivity index (χ3v) is 2.10. The standard InChI is InChI=1S/C8H11BrN4O2/c9-6-4-12-7(10)5(13-6)2-1-3-11-8(14)15/h4,11H,1-3H2,(H2,10,12)(H,14,15). The number of carboxylic acid groups (broad SMARTS) is 1. The minimum atomic E-state index is -1.02. The highest BCUT2D eigenvalue weighted by Gasteiger charge is 2.03. The zero-order valence-corrected chi connectivity index (χ0v) is 9.49. The number of hydrogen-bond donors (Lipinski definition) is 3. The van der Waals surface area contributed by atoms with Crippen LogP contribution in [0.25, 0.3) is 0 Å². The fourth-order valence-electron chi connectivity index (χ4n) is 1.05. The number of nitrogens with zero attached hydrogens (tertiary/aromatic N) is 2. The number of aryl methyl sites for hydroxylation is 1. The molecule has 0 radical (unpaired) electrons. The molecule has 0 aliphatic heterocycles. The molecule has 1 rings (SSSR count). The summed E-state index contributed by atoms with van der Waals surface area (Å²) >= 11 is 3.19. The second-order valence-corrected chi connectivity index (χ2v) is 3.67. The molecule has 0 saturated heterocycles. The van der Waals surface area contributed by atoms with Gasteiger partial charge in [-0.2, -0.15) is 0 Å². The van der Waals surface area contributed by atoms with Gasteiger partial charge in [0.15, 0.2) is 0 Å². The molecule has 15 heavy (non-hydrogen) atoms. The van der Waals surface area contributed by atoms with Gasteiger partial charge in [0.2, 0.25) is 0 Å². The van der Waals surface area contributed by atoms with Gasteiger partial charge in [-0.3, -0.25) is 0 Å². The van der Waals surface area contributed by atoms with Gasteiger partial charge >= 0.3 is 6.09 Å². The van der Waals surface area contributed by atoms with Crippen molar-refractivity contribution in [3.8, 4) is 0 Å². The van der Waals surface area contributed by atoms with Crippen molar-refractivity contribution >= 4 is 27.8 Å². The first kappa shape index (κ1) is 11.7. The number of nitrogen functional groups attached to an aromatic ring is 1. The van der Waals surface area contributed by atoms with Gasteiger partial charge < -0.3 is 16.2 Å². The van der Waals surface area contributed by atoms with Crippen molar-refractivity contribution in [3.05, 3.63) is 16.5 Å². The number of amides is 1. The average molecular weight is 275 g/mol. The SMILES string of the molecule is Nc1ncc(Br)nc1CCCNC(=O)O. The van der Waals surface area contributed by atoms with Crippen molar-refractivity contribution in [2.45, 2.75) is 12.8 Å². The maximum atomic E-state index is 10.2. The molecule has 1 aromatic heterocycles. The third kappa shape index (κ3) is 4.11. The number of aromatic nitrogens is 2. The summed E-state index contributed by atoms with van der Waals surface area (Å²) in [6.45, 7) is 0.378. The Morgan fingerprint density at radius 1 is 1.67 bits per heavy atom. The molecule has 0 fully saturated rings. The zero-order valence-electron chi connectivity index (χ0n) is 7.90. The molecule has 1 aromatic rings. The number of hydrogen-bond acceptors (Lipinski definition) is 4. The highest BCUT2D eigenvalue weighted by atomic mass is 79.9. The van der Waals surface area contributed by atoms with Crippen molar-refractivity contribution in [1.82, 2.24) is 15.3 Å². The molecule has 1 amide bonds. The van der Waals surface area contributed by atoms with Crippen LogP contribution in [0.2, 0.25) is 0 Å². The summed E-state index contributed by atoms with van der Waals surface area (Å²) in [5.41, 5.74) is 6.28. The summed E-state index contributed by atoms with van der Waals surface area (Å²) in [7, 11) is 0. The highest BCUT2D eigenvalue weighted by molar-refractivity contribution is 9.10. The van der Waals surface area contributed by atoms with Crippen LogP contribution in [0.4, 0.5) is 10.6 Å². The van der Waals surface area contributed by atoms with Crippen molar-refractivity contribution in [3.63, 3.8) is 0 Å². The van der Waals surface area contributed by atoms with E-state index in [0.717, 1.165) is 0 Å². The van der Waals surface area contributed by atoms with Crippen LogP contribution >= 0.6 is 15.9 Å². The Morgan fingerprint density at radius 3 is 3.07 bits per heavy atom. The molecule has 0 saturated carbocycles. The zero-order chi connectivity index (χ0) is 11.3. The Kier molecular flexibility index (Phi) is 4.29. The Labute approximate surface area is 95.0 Å². The molecule has 6 nitrogen and oxygen atoms in total. The summed E-state index contributed by atoms with van der Waals surface area (Å²) in [5, 5.41) is 10.6. The van der Waals surface area contributed by atoms with Crippen LogP contribution in [-0.4, -0.2) is 27.7 Å². The molecule has 0 unspecified atom stereocenters. The summed E-state index contributed by atoms with van der Waals surface area (Å²) in [6, 6.07) is 0. The average Bonchev–Trinajstić information content (AvgIpc) is 2.17. The largest absolute Gasteiger partial charge is 0.465 e. The number of nitrogens with two attached hydrogens (primary N) is 1. The molecule has 0 bridgehead atoms. The maximum Gasteiger partial charge on any atom is 0.404 e. The lowest BCUT2D eigenvalue weighted by Crippen LogP contribution is -2.22. The number of anilines is 1. The van der Waals surface area contributed by atoms with Crippen LogP contribution in [0.15, 0.2) is 10.8 Å². The minimum absolute atomic E-state index is 0.378. The molecule has 0 spiro atoms. The smallest absolute Gasteiger partial charge is 0.404 e. The van der Waals surface area contributed by atoms with E-state index in [1.165, 1.54) is 6.20 Å². The first-order valence-electron chi connectivity index (χ1n) is 4.33. The third-order valence-electron chi connectivity index (χ3n) is 1.71. The number of rotatable bonds is 4.